The van der Waals surface area contributed by atoms with Crippen LogP contribution in [0, 0.1) is 18.6 Å². The fourth-order valence-electron chi connectivity index (χ4n) is 2.13. The second-order valence-corrected chi connectivity index (χ2v) is 6.11. The number of carbonyl (C=O) groups is 1. The lowest BCUT2D eigenvalue weighted by Gasteiger charge is -2.10. The molecule has 0 aliphatic carbocycles. The van der Waals surface area contributed by atoms with Crippen LogP contribution in [0.2, 0.25) is 0 Å². The van der Waals surface area contributed by atoms with Crippen LogP contribution in [0.15, 0.2) is 53.7 Å². The number of nitrogens with zero attached hydrogens (tertiary/aromatic N) is 3. The molecule has 25 heavy (non-hydrogen) atoms. The molecular formula is C17H14F2N4OS. The molecule has 0 aliphatic rings. The molecule has 0 spiro atoms. The van der Waals surface area contributed by atoms with Crippen LogP contribution in [-0.4, -0.2) is 20.8 Å². The predicted octanol–water partition coefficient (Wildman–Crippen LogP) is 3.54. The number of benzene rings is 2. The first-order valence-electron chi connectivity index (χ1n) is 7.40. The monoisotopic (exact) mass is 360 g/mol. The highest BCUT2D eigenvalue weighted by Gasteiger charge is 2.16. The summed E-state index contributed by atoms with van der Waals surface area (Å²) >= 11 is 1.22. The average Bonchev–Trinajstić information content (AvgIpc) is 2.94. The van der Waals surface area contributed by atoms with Crippen molar-refractivity contribution in [2.45, 2.75) is 17.8 Å². The molecule has 2 aromatic carbocycles. The second kappa shape index (κ2) is 7.43. The molecule has 3 rings (SSSR count). The van der Waals surface area contributed by atoms with E-state index in [1.54, 1.807) is 31.2 Å². The number of rotatable bonds is 5. The smallest absolute Gasteiger partial charge is 0.267 e. The van der Waals surface area contributed by atoms with E-state index in [-0.39, 0.29) is 11.4 Å². The normalized spacial score (nSPS) is 10.7. The maximum absolute atomic E-state index is 13.7. The van der Waals surface area contributed by atoms with Gasteiger partial charge in [-0.3, -0.25) is 10.2 Å². The van der Waals surface area contributed by atoms with Gasteiger partial charge in [-0.15, -0.1) is 10.2 Å². The zero-order valence-electron chi connectivity index (χ0n) is 13.2. The van der Waals surface area contributed by atoms with Gasteiger partial charge in [0.05, 0.1) is 5.56 Å². The molecule has 8 heteroatoms. The quantitative estimate of drug-likeness (QED) is 0.707. The van der Waals surface area contributed by atoms with Gasteiger partial charge in [0.2, 0.25) is 5.16 Å². The number of hydrogen-bond donors (Lipinski definition) is 1. The van der Waals surface area contributed by atoms with Gasteiger partial charge < -0.3 is 0 Å². The molecule has 0 saturated carbocycles. The largest absolute Gasteiger partial charge is 0.273 e. The van der Waals surface area contributed by atoms with Crippen molar-refractivity contribution in [3.63, 3.8) is 0 Å². The minimum Gasteiger partial charge on any atom is -0.267 e. The fourth-order valence-corrected chi connectivity index (χ4v) is 3.05. The third kappa shape index (κ3) is 3.85. The highest BCUT2D eigenvalue weighted by molar-refractivity contribution is 7.98. The molecule has 0 aliphatic heterocycles. The van der Waals surface area contributed by atoms with Crippen LogP contribution >= 0.6 is 11.8 Å². The summed E-state index contributed by atoms with van der Waals surface area (Å²) in [6.07, 6.45) is 0. The zero-order chi connectivity index (χ0) is 17.8. The van der Waals surface area contributed by atoms with Crippen LogP contribution in [0.25, 0.3) is 0 Å². The third-order valence-corrected chi connectivity index (χ3v) is 4.42. The second-order valence-electron chi connectivity index (χ2n) is 5.17. The van der Waals surface area contributed by atoms with Gasteiger partial charge in [-0.2, -0.15) is 0 Å². The van der Waals surface area contributed by atoms with Crippen LogP contribution in [0.4, 0.5) is 8.78 Å². The van der Waals surface area contributed by atoms with Gasteiger partial charge in [-0.05, 0) is 30.7 Å². The summed E-state index contributed by atoms with van der Waals surface area (Å²) in [4.78, 5) is 12.3. The summed E-state index contributed by atoms with van der Waals surface area (Å²) in [5.41, 5.74) is 3.00. The van der Waals surface area contributed by atoms with E-state index in [1.165, 1.54) is 40.7 Å². The first-order chi connectivity index (χ1) is 12.1. The molecule has 1 amide bonds. The number of carbonyl (C=O) groups excluding carboxylic acids is 1. The zero-order valence-corrected chi connectivity index (χ0v) is 14.1. The minimum atomic E-state index is -0.619. The van der Waals surface area contributed by atoms with Crippen LogP contribution in [0.3, 0.4) is 0 Å². The highest BCUT2D eigenvalue weighted by Crippen LogP contribution is 2.22. The molecule has 0 saturated heterocycles. The summed E-state index contributed by atoms with van der Waals surface area (Å²) < 4.78 is 28.8. The minimum absolute atomic E-state index is 0.0827. The van der Waals surface area contributed by atoms with Crippen molar-refractivity contribution in [1.82, 2.24) is 14.9 Å². The SMILES string of the molecule is Cc1nnc(SCc2ccccc2F)n1NC(=O)c1ccccc1F. The standard InChI is InChI=1S/C17H14F2N4OS/c1-11-20-21-17(25-10-12-6-2-4-8-14(12)18)23(11)22-16(24)13-7-3-5-9-15(13)19/h2-9H,10H2,1H3,(H,22,24). The van der Waals surface area contributed by atoms with Gasteiger partial charge in [-0.25, -0.2) is 13.5 Å². The molecule has 0 atom stereocenters. The number of halogens is 2. The Bertz CT molecular complexity index is 913. The van der Waals surface area contributed by atoms with Crippen molar-refractivity contribution in [1.29, 1.82) is 0 Å². The molecule has 0 radical (unpaired) electrons. The molecule has 1 aromatic heterocycles. The number of nitrogens with one attached hydrogen (secondary N) is 1. The number of thioether (sulfide) groups is 1. The third-order valence-electron chi connectivity index (χ3n) is 3.44. The molecule has 3 aromatic rings. The molecule has 0 bridgehead atoms. The Hall–Kier alpha value is -2.74. The van der Waals surface area contributed by atoms with E-state index in [4.69, 9.17) is 0 Å². The lowest BCUT2D eigenvalue weighted by atomic mass is 10.2. The molecule has 5 nitrogen and oxygen atoms in total. The van der Waals surface area contributed by atoms with E-state index in [9.17, 15) is 13.6 Å². The summed E-state index contributed by atoms with van der Waals surface area (Å²) in [6.45, 7) is 1.65. The summed E-state index contributed by atoms with van der Waals surface area (Å²) in [5.74, 6) is -0.797. The summed E-state index contributed by atoms with van der Waals surface area (Å²) in [6, 6.07) is 12.1. The van der Waals surface area contributed by atoms with Gasteiger partial charge >= 0.3 is 0 Å². The number of aryl methyl sites for hydroxylation is 1. The lowest BCUT2D eigenvalue weighted by molar-refractivity contribution is 0.100. The first kappa shape index (κ1) is 17.1. The molecular weight excluding hydrogens is 346 g/mol. The molecule has 0 unspecified atom stereocenters. The van der Waals surface area contributed by atoms with E-state index in [0.29, 0.717) is 22.3 Å². The van der Waals surface area contributed by atoms with E-state index in [1.807, 2.05) is 0 Å². The Balaban J connectivity index is 1.77. The Morgan fingerprint density at radius 2 is 1.76 bits per heavy atom. The van der Waals surface area contributed by atoms with E-state index in [0.717, 1.165) is 0 Å². The highest BCUT2D eigenvalue weighted by atomic mass is 32.2. The van der Waals surface area contributed by atoms with Crippen LogP contribution in [-0.2, 0) is 5.75 Å². The van der Waals surface area contributed by atoms with Gasteiger partial charge in [-0.1, -0.05) is 42.1 Å². The van der Waals surface area contributed by atoms with E-state index >= 15 is 0 Å². The molecule has 1 N–H and O–H groups in total. The van der Waals surface area contributed by atoms with Crippen LogP contribution < -0.4 is 5.43 Å². The number of hydrogen-bond acceptors (Lipinski definition) is 4. The van der Waals surface area contributed by atoms with Crippen LogP contribution in [0.5, 0.6) is 0 Å². The van der Waals surface area contributed by atoms with E-state index in [2.05, 4.69) is 15.6 Å². The Morgan fingerprint density at radius 3 is 2.48 bits per heavy atom. The predicted molar refractivity (Wildman–Crippen MR) is 90.8 cm³/mol. The van der Waals surface area contributed by atoms with Crippen molar-refractivity contribution in [3.8, 4) is 0 Å². The van der Waals surface area contributed by atoms with Gasteiger partial charge in [0, 0.05) is 5.75 Å². The van der Waals surface area contributed by atoms with Crippen molar-refractivity contribution in [3.05, 3.63) is 77.1 Å². The lowest BCUT2D eigenvalue weighted by Crippen LogP contribution is -2.25. The maximum Gasteiger partial charge on any atom is 0.273 e. The van der Waals surface area contributed by atoms with Crippen molar-refractivity contribution < 1.29 is 13.6 Å². The average molecular weight is 360 g/mol. The summed E-state index contributed by atoms with van der Waals surface area (Å²) in [7, 11) is 0. The molecule has 0 fully saturated rings. The van der Waals surface area contributed by atoms with Crippen molar-refractivity contribution >= 4 is 17.7 Å². The van der Waals surface area contributed by atoms with E-state index < -0.39 is 11.7 Å². The Labute approximate surface area is 147 Å². The van der Waals surface area contributed by atoms with Crippen LogP contribution in [0.1, 0.15) is 21.7 Å². The molecule has 128 valence electrons. The fraction of sp³-hybridized carbons (Fsp3) is 0.118. The van der Waals surface area contributed by atoms with Crippen molar-refractivity contribution in [2.75, 3.05) is 5.43 Å². The van der Waals surface area contributed by atoms with Gasteiger partial charge in [0.15, 0.2) is 0 Å². The number of aromatic nitrogens is 3. The van der Waals surface area contributed by atoms with Gasteiger partial charge in [0.25, 0.3) is 5.91 Å². The Kier molecular flexibility index (Phi) is 5.08. The topological polar surface area (TPSA) is 59.8 Å². The summed E-state index contributed by atoms with van der Waals surface area (Å²) in [5, 5.41) is 8.27. The molecule has 1 heterocycles. The number of amides is 1. The van der Waals surface area contributed by atoms with Crippen molar-refractivity contribution in [2.24, 2.45) is 0 Å². The van der Waals surface area contributed by atoms with Gasteiger partial charge in [0.1, 0.15) is 17.5 Å². The first-order valence-corrected chi connectivity index (χ1v) is 8.39. The maximum atomic E-state index is 13.7. The Morgan fingerprint density at radius 1 is 1.08 bits per heavy atom.